The Balaban J connectivity index is 2.80. The van der Waals surface area contributed by atoms with Gasteiger partial charge in [0.15, 0.2) is 0 Å². The molecule has 1 rings (SSSR count). The van der Waals surface area contributed by atoms with Gasteiger partial charge in [0, 0.05) is 0 Å². The van der Waals surface area contributed by atoms with E-state index in [2.05, 4.69) is 33.9 Å². The minimum absolute atomic E-state index is 1.31. The summed E-state index contributed by atoms with van der Waals surface area (Å²) in [4.78, 5) is 0. The van der Waals surface area contributed by atoms with E-state index in [-0.39, 0.29) is 0 Å². The molecule has 0 aromatic carbocycles. The van der Waals surface area contributed by atoms with Crippen LogP contribution in [0.4, 0.5) is 0 Å². The zero-order chi connectivity index (χ0) is 12.7. The molecule has 1 saturated heterocycles. The van der Waals surface area contributed by atoms with Crippen molar-refractivity contribution in [1.29, 1.82) is 0 Å². The quantitative estimate of drug-likeness (QED) is 0.618. The van der Waals surface area contributed by atoms with Crippen molar-refractivity contribution in [3.05, 3.63) is 0 Å². The van der Waals surface area contributed by atoms with Crippen molar-refractivity contribution in [3.8, 4) is 0 Å². The molecule has 0 aromatic rings. The summed E-state index contributed by atoms with van der Waals surface area (Å²) in [6.45, 7) is 14.8. The second-order valence-electron chi connectivity index (χ2n) is 5.35. The van der Waals surface area contributed by atoms with Crippen LogP contribution in [0.1, 0.15) is 53.4 Å². The fourth-order valence-corrected chi connectivity index (χ4v) is 20.5. The van der Waals surface area contributed by atoms with Gasteiger partial charge in [-0.3, -0.25) is 0 Å². The van der Waals surface area contributed by atoms with E-state index in [0.29, 0.717) is 0 Å². The Labute approximate surface area is 113 Å². The van der Waals surface area contributed by atoms with Crippen LogP contribution >= 0.6 is 0 Å². The van der Waals surface area contributed by atoms with Crippen LogP contribution in [0, 0.1) is 0 Å². The van der Waals surface area contributed by atoms with Gasteiger partial charge in [0.05, 0.1) is 0 Å². The Bertz CT molecular complexity index is 186. The van der Waals surface area contributed by atoms with E-state index < -0.39 is 18.9 Å². The number of hydrogen-bond donors (Lipinski definition) is 0. The predicted molar refractivity (Wildman–Crippen MR) is 79.7 cm³/mol. The molecular weight excluding hydrogens is 315 g/mol. The molecule has 0 atom stereocenters. The van der Waals surface area contributed by atoms with Gasteiger partial charge in [-0.1, -0.05) is 0 Å². The Kier molecular flexibility index (Phi) is 7.43. The standard InChI is InChI=1S/C6H14N2.2C4H9.Sn/c1-3-7-5-6-8-4-2;2*1-3-4-2;/h3-6H2,1-2H3;2*1,3-4H2,2H3;/q-2;;;+2. The van der Waals surface area contributed by atoms with Gasteiger partial charge < -0.3 is 0 Å². The number of rotatable bonds is 8. The molecule has 0 unspecified atom stereocenters. The molecule has 1 fully saturated rings. The number of nitrogens with zero attached hydrogens (tertiary/aromatic N) is 2. The molecule has 0 saturated carbocycles. The van der Waals surface area contributed by atoms with Crippen molar-refractivity contribution in [2.45, 2.75) is 62.3 Å². The van der Waals surface area contributed by atoms with Crippen molar-refractivity contribution < 1.29 is 0 Å². The van der Waals surface area contributed by atoms with Crippen molar-refractivity contribution in [3.63, 3.8) is 0 Å². The third-order valence-electron chi connectivity index (χ3n) is 4.44. The summed E-state index contributed by atoms with van der Waals surface area (Å²) >= 11 is -2.12. The summed E-state index contributed by atoms with van der Waals surface area (Å²) in [6.07, 6.45) is 5.68. The van der Waals surface area contributed by atoms with Crippen LogP contribution in [-0.2, 0) is 0 Å². The van der Waals surface area contributed by atoms with E-state index >= 15 is 0 Å². The molecule has 1 heterocycles. The maximum atomic E-state index is 2.95. The van der Waals surface area contributed by atoms with Gasteiger partial charge in [-0.05, 0) is 0 Å². The topological polar surface area (TPSA) is 6.48 Å². The molecule has 0 spiro atoms. The van der Waals surface area contributed by atoms with E-state index in [1.54, 1.807) is 8.87 Å². The molecule has 0 radical (unpaired) electrons. The summed E-state index contributed by atoms with van der Waals surface area (Å²) in [5, 5.41) is 0. The fourth-order valence-electron chi connectivity index (χ4n) is 3.44. The molecule has 0 amide bonds. The van der Waals surface area contributed by atoms with E-state index in [0.717, 1.165) is 0 Å². The van der Waals surface area contributed by atoms with Crippen LogP contribution in [-0.4, -0.2) is 51.3 Å². The van der Waals surface area contributed by atoms with Gasteiger partial charge >= 0.3 is 114 Å². The normalized spacial score (nSPS) is 21.2. The van der Waals surface area contributed by atoms with Crippen LogP contribution in [0.25, 0.3) is 0 Å². The zero-order valence-electron chi connectivity index (χ0n) is 12.5. The van der Waals surface area contributed by atoms with Gasteiger partial charge in [-0.25, -0.2) is 0 Å². The van der Waals surface area contributed by atoms with E-state index in [1.807, 2.05) is 0 Å². The first kappa shape index (κ1) is 15.8. The van der Waals surface area contributed by atoms with Gasteiger partial charge in [0.2, 0.25) is 0 Å². The second-order valence-corrected chi connectivity index (χ2v) is 17.4. The van der Waals surface area contributed by atoms with Crippen LogP contribution in [0.5, 0.6) is 0 Å². The summed E-state index contributed by atoms with van der Waals surface area (Å²) in [7, 11) is 0. The first-order chi connectivity index (χ1) is 8.25. The second kappa shape index (κ2) is 8.00. The predicted octanol–water partition coefficient (Wildman–Crippen LogP) is 3.69. The molecule has 2 nitrogen and oxygen atoms in total. The molecule has 0 aromatic heterocycles. The molecule has 17 heavy (non-hydrogen) atoms. The van der Waals surface area contributed by atoms with Crippen LogP contribution in [0.3, 0.4) is 0 Å². The van der Waals surface area contributed by atoms with Gasteiger partial charge in [0.1, 0.15) is 0 Å². The Morgan fingerprint density at radius 3 is 1.47 bits per heavy atom. The molecule has 0 aliphatic carbocycles. The fraction of sp³-hybridized carbons (Fsp3) is 1.00. The van der Waals surface area contributed by atoms with Crippen molar-refractivity contribution >= 4 is 18.9 Å². The molecule has 102 valence electrons. The summed E-state index contributed by atoms with van der Waals surface area (Å²) in [6, 6.07) is 0. The first-order valence-electron chi connectivity index (χ1n) is 7.75. The van der Waals surface area contributed by atoms with E-state index in [9.17, 15) is 0 Å². The Hall–Kier alpha value is 0.719. The molecule has 0 bridgehead atoms. The maximum absolute atomic E-state index is 2.95. The average Bonchev–Trinajstić information content (AvgIpc) is 2.71. The van der Waals surface area contributed by atoms with Crippen LogP contribution < -0.4 is 0 Å². The van der Waals surface area contributed by atoms with Gasteiger partial charge in [-0.2, -0.15) is 0 Å². The van der Waals surface area contributed by atoms with Crippen molar-refractivity contribution in [2.75, 3.05) is 26.2 Å². The zero-order valence-corrected chi connectivity index (χ0v) is 15.3. The van der Waals surface area contributed by atoms with E-state index in [4.69, 9.17) is 0 Å². The number of hydrogen-bond acceptors (Lipinski definition) is 2. The molecular formula is C14H32N2Sn. The van der Waals surface area contributed by atoms with Crippen LogP contribution in [0.2, 0.25) is 8.87 Å². The van der Waals surface area contributed by atoms with Gasteiger partial charge in [-0.15, -0.1) is 0 Å². The molecule has 1 aliphatic rings. The first-order valence-corrected chi connectivity index (χ1v) is 14.3. The van der Waals surface area contributed by atoms with Crippen molar-refractivity contribution in [1.82, 2.24) is 6.24 Å². The van der Waals surface area contributed by atoms with E-state index in [1.165, 1.54) is 51.9 Å². The number of likely N-dealkylation sites (N-methyl/N-ethyl adjacent to an activating group) is 2. The molecule has 3 heteroatoms. The van der Waals surface area contributed by atoms with Crippen LogP contribution in [0.15, 0.2) is 0 Å². The average molecular weight is 347 g/mol. The van der Waals surface area contributed by atoms with Crippen molar-refractivity contribution in [2.24, 2.45) is 0 Å². The third-order valence-corrected chi connectivity index (χ3v) is 20.8. The summed E-state index contributed by atoms with van der Waals surface area (Å²) in [5.74, 6) is 0. The minimum atomic E-state index is -2.12. The van der Waals surface area contributed by atoms with Gasteiger partial charge in [0.25, 0.3) is 0 Å². The Morgan fingerprint density at radius 1 is 0.765 bits per heavy atom. The number of unbranched alkanes of at least 4 members (excludes halogenated alkanes) is 2. The molecule has 1 aliphatic heterocycles. The summed E-state index contributed by atoms with van der Waals surface area (Å²) in [5.41, 5.74) is 0. The SMILES string of the molecule is CCC[CH2][Sn]1([CH2]CCC)[N](CC)CC[N]1CC. The Morgan fingerprint density at radius 2 is 1.18 bits per heavy atom. The third kappa shape index (κ3) is 3.60. The summed E-state index contributed by atoms with van der Waals surface area (Å²) < 4.78 is 9.05. The molecule has 0 N–H and O–H groups in total. The monoisotopic (exact) mass is 348 g/mol.